The number of imidazole rings is 1. The molecule has 9 nitrogen and oxygen atoms in total. The maximum atomic E-state index is 12.4. The molecule has 0 atom stereocenters. The minimum atomic E-state index is -0.765. The van der Waals surface area contributed by atoms with Gasteiger partial charge in [-0.05, 0) is 18.6 Å². The number of hydrogen-bond donors (Lipinski definition) is 1. The molecule has 1 aromatic carbocycles. The van der Waals surface area contributed by atoms with Crippen LogP contribution in [0.3, 0.4) is 0 Å². The number of fused-ring (bicyclic) bond motifs is 1. The highest BCUT2D eigenvalue weighted by Crippen LogP contribution is 2.20. The van der Waals surface area contributed by atoms with Crippen LogP contribution in [-0.4, -0.2) is 37.4 Å². The van der Waals surface area contributed by atoms with Gasteiger partial charge in [0.1, 0.15) is 12.1 Å². The Kier molecular flexibility index (Phi) is 3.53. The smallest absolute Gasteiger partial charge is 0.353 e. The van der Waals surface area contributed by atoms with Crippen LogP contribution in [0.1, 0.15) is 21.6 Å². The van der Waals surface area contributed by atoms with Gasteiger partial charge in [-0.3, -0.25) is 4.79 Å². The molecule has 23 heavy (non-hydrogen) atoms. The van der Waals surface area contributed by atoms with E-state index in [2.05, 4.69) is 15.3 Å². The van der Waals surface area contributed by atoms with Gasteiger partial charge in [-0.1, -0.05) is 17.3 Å². The first-order valence-electron chi connectivity index (χ1n) is 6.75. The van der Waals surface area contributed by atoms with Crippen LogP contribution >= 0.6 is 0 Å². The number of methoxy groups -OCH3 is 1. The van der Waals surface area contributed by atoms with E-state index in [1.165, 1.54) is 6.33 Å². The minimum absolute atomic E-state index is 0.0367. The zero-order valence-electron chi connectivity index (χ0n) is 12.6. The van der Waals surface area contributed by atoms with E-state index in [0.717, 1.165) is 20.2 Å². The Morgan fingerprint density at radius 1 is 1.39 bits per heavy atom. The average Bonchev–Trinajstić information content (AvgIpc) is 2.96. The van der Waals surface area contributed by atoms with Crippen LogP contribution < -0.4 is 16.2 Å². The summed E-state index contributed by atoms with van der Waals surface area (Å²) in [6, 6.07) is 5.64. The van der Waals surface area contributed by atoms with Gasteiger partial charge in [0.05, 0.1) is 13.7 Å². The number of rotatable bonds is 4. The number of benzene rings is 1. The highest BCUT2D eigenvalue weighted by Gasteiger charge is 2.16. The topological polar surface area (TPSA) is 117 Å². The van der Waals surface area contributed by atoms with Gasteiger partial charge in [0.25, 0.3) is 5.91 Å². The zero-order chi connectivity index (χ0) is 16.6. The van der Waals surface area contributed by atoms with Gasteiger partial charge in [-0.2, -0.15) is 4.68 Å². The van der Waals surface area contributed by atoms with Gasteiger partial charge < -0.3 is 10.5 Å². The number of hydrogen-bond acceptors (Lipinski definition) is 6. The van der Waals surface area contributed by atoms with Crippen molar-refractivity contribution in [2.24, 2.45) is 5.73 Å². The second kappa shape index (κ2) is 5.52. The number of carbonyl (C=O) groups is 1. The third-order valence-electron chi connectivity index (χ3n) is 3.41. The highest BCUT2D eigenvalue weighted by molar-refractivity contribution is 5.96. The summed E-state index contributed by atoms with van der Waals surface area (Å²) in [6.45, 7) is 2.12. The molecular weight excluding hydrogens is 300 g/mol. The molecule has 0 aliphatic rings. The van der Waals surface area contributed by atoms with Crippen molar-refractivity contribution in [3.8, 4) is 5.75 Å². The molecule has 0 aliphatic carbocycles. The summed E-state index contributed by atoms with van der Waals surface area (Å²) in [5.74, 6) is -0.110. The monoisotopic (exact) mass is 314 g/mol. The Balaban J connectivity index is 2.07. The maximum Gasteiger partial charge on any atom is 0.353 e. The van der Waals surface area contributed by atoms with Crippen LogP contribution in [0.15, 0.2) is 29.3 Å². The number of nitrogens with two attached hydrogens (primary N) is 1. The first-order chi connectivity index (χ1) is 11.0. The van der Waals surface area contributed by atoms with E-state index < -0.39 is 11.6 Å². The molecule has 3 rings (SSSR count). The minimum Gasteiger partial charge on any atom is -0.496 e. The molecule has 9 heteroatoms. The van der Waals surface area contributed by atoms with E-state index in [1.54, 1.807) is 7.11 Å². The standard InChI is InChI=1S/C14H14N6O3/c1-8-3-4-9(10(5-8)23-2)6-20-14(22)19-7-16-11(12(15)21)13(19)17-18-20/h3-5,7H,6H2,1-2H3,(H2,15,21). The fourth-order valence-electron chi connectivity index (χ4n) is 2.25. The lowest BCUT2D eigenvalue weighted by Crippen LogP contribution is -2.30. The molecule has 2 heterocycles. The molecule has 0 radical (unpaired) electrons. The van der Waals surface area contributed by atoms with Crippen molar-refractivity contribution in [3.63, 3.8) is 0 Å². The number of amides is 1. The van der Waals surface area contributed by atoms with Crippen LogP contribution in [0.4, 0.5) is 0 Å². The van der Waals surface area contributed by atoms with Crippen molar-refractivity contribution in [1.82, 2.24) is 24.4 Å². The third kappa shape index (κ3) is 2.52. The fourth-order valence-corrected chi connectivity index (χ4v) is 2.25. The molecule has 2 aromatic heterocycles. The molecule has 118 valence electrons. The summed E-state index contributed by atoms with van der Waals surface area (Å²) in [5.41, 5.74) is 6.48. The predicted molar refractivity (Wildman–Crippen MR) is 80.4 cm³/mol. The SMILES string of the molecule is COc1cc(C)ccc1Cn1nnc2c(C(N)=O)ncn2c1=O. The Hall–Kier alpha value is -3.23. The maximum absolute atomic E-state index is 12.4. The average molecular weight is 314 g/mol. The number of aryl methyl sites for hydroxylation is 1. The lowest BCUT2D eigenvalue weighted by atomic mass is 10.1. The Bertz CT molecular complexity index is 959. The molecule has 0 aliphatic heterocycles. The van der Waals surface area contributed by atoms with E-state index in [0.29, 0.717) is 5.75 Å². The first kappa shape index (κ1) is 14.7. The Labute approximate surface area is 130 Å². The molecule has 0 fully saturated rings. The molecule has 3 aromatic rings. The van der Waals surface area contributed by atoms with Gasteiger partial charge in [0.15, 0.2) is 11.3 Å². The normalized spacial score (nSPS) is 10.9. The highest BCUT2D eigenvalue weighted by atomic mass is 16.5. The van der Waals surface area contributed by atoms with Crippen molar-refractivity contribution in [2.75, 3.05) is 7.11 Å². The summed E-state index contributed by atoms with van der Waals surface area (Å²) in [5, 5.41) is 7.71. The van der Waals surface area contributed by atoms with Crippen molar-refractivity contribution in [1.29, 1.82) is 0 Å². The number of carbonyl (C=O) groups excluding carboxylic acids is 1. The number of nitrogens with zero attached hydrogens (tertiary/aromatic N) is 5. The Morgan fingerprint density at radius 2 is 2.17 bits per heavy atom. The lowest BCUT2D eigenvalue weighted by molar-refractivity contribution is 0.0997. The summed E-state index contributed by atoms with van der Waals surface area (Å²) in [7, 11) is 1.56. The molecule has 2 N–H and O–H groups in total. The van der Waals surface area contributed by atoms with Crippen LogP contribution in [0.25, 0.3) is 5.65 Å². The second-order valence-corrected chi connectivity index (χ2v) is 5.00. The van der Waals surface area contributed by atoms with Crippen molar-refractivity contribution >= 4 is 11.6 Å². The predicted octanol–water partition coefficient (Wildman–Crippen LogP) is -0.250. The lowest BCUT2D eigenvalue weighted by Gasteiger charge is -2.10. The van der Waals surface area contributed by atoms with Gasteiger partial charge in [-0.15, -0.1) is 5.10 Å². The summed E-state index contributed by atoms with van der Waals surface area (Å²) >= 11 is 0. The van der Waals surface area contributed by atoms with E-state index in [1.807, 2.05) is 25.1 Å². The summed E-state index contributed by atoms with van der Waals surface area (Å²) in [6.07, 6.45) is 1.20. The van der Waals surface area contributed by atoms with Crippen LogP contribution in [-0.2, 0) is 6.54 Å². The van der Waals surface area contributed by atoms with Gasteiger partial charge in [0.2, 0.25) is 0 Å². The molecule has 1 amide bonds. The van der Waals surface area contributed by atoms with E-state index in [4.69, 9.17) is 10.5 Å². The number of aromatic nitrogens is 5. The third-order valence-corrected chi connectivity index (χ3v) is 3.41. The van der Waals surface area contributed by atoms with E-state index in [9.17, 15) is 9.59 Å². The first-order valence-corrected chi connectivity index (χ1v) is 6.75. The molecule has 0 spiro atoms. The van der Waals surface area contributed by atoms with Crippen LogP contribution in [0.2, 0.25) is 0 Å². The van der Waals surface area contributed by atoms with Gasteiger partial charge in [-0.25, -0.2) is 14.2 Å². The van der Waals surface area contributed by atoms with Gasteiger partial charge in [0, 0.05) is 5.56 Å². The van der Waals surface area contributed by atoms with Crippen molar-refractivity contribution < 1.29 is 9.53 Å². The summed E-state index contributed by atoms with van der Waals surface area (Å²) in [4.78, 5) is 27.5. The molecule has 0 bridgehead atoms. The second-order valence-electron chi connectivity index (χ2n) is 5.00. The fraction of sp³-hybridized carbons (Fsp3) is 0.214. The number of primary amides is 1. The quantitative estimate of drug-likeness (QED) is 0.709. The van der Waals surface area contributed by atoms with Crippen molar-refractivity contribution in [3.05, 3.63) is 51.8 Å². The molecule has 0 saturated carbocycles. The number of ether oxygens (including phenoxy) is 1. The van der Waals surface area contributed by atoms with Crippen LogP contribution in [0.5, 0.6) is 5.75 Å². The zero-order valence-corrected chi connectivity index (χ0v) is 12.6. The van der Waals surface area contributed by atoms with Crippen LogP contribution in [0, 0.1) is 6.92 Å². The largest absolute Gasteiger partial charge is 0.496 e. The molecule has 0 saturated heterocycles. The van der Waals surface area contributed by atoms with E-state index in [-0.39, 0.29) is 17.9 Å². The van der Waals surface area contributed by atoms with Crippen molar-refractivity contribution in [2.45, 2.75) is 13.5 Å². The Morgan fingerprint density at radius 3 is 2.87 bits per heavy atom. The molecular formula is C14H14N6O3. The van der Waals surface area contributed by atoms with E-state index >= 15 is 0 Å². The van der Waals surface area contributed by atoms with Gasteiger partial charge >= 0.3 is 5.69 Å². The summed E-state index contributed by atoms with van der Waals surface area (Å²) < 4.78 is 7.61. The molecule has 0 unspecified atom stereocenters.